The van der Waals surface area contributed by atoms with Gasteiger partial charge in [-0.05, 0) is 126 Å². The number of aryl methyl sites for hydroxylation is 2. The first kappa shape index (κ1) is 53.5. The third-order valence-electron chi connectivity index (χ3n) is 9.43. The molecule has 5 unspecified atom stereocenters. The van der Waals surface area contributed by atoms with Gasteiger partial charge in [0.25, 0.3) is 0 Å². The number of benzene rings is 5. The summed E-state index contributed by atoms with van der Waals surface area (Å²) in [6.07, 6.45) is 7.79. The lowest BCUT2D eigenvalue weighted by atomic mass is 10.0. The van der Waals surface area contributed by atoms with Gasteiger partial charge < -0.3 is 38.1 Å². The van der Waals surface area contributed by atoms with Crippen LogP contribution in [0.1, 0.15) is 117 Å². The number of nitrogens with zero attached hydrogens (tertiary/aromatic N) is 1. The highest BCUT2D eigenvalue weighted by Gasteiger charge is 2.08. The minimum atomic E-state index is 0.0335. The Kier molecular flexibility index (Phi) is 27.2. The van der Waals surface area contributed by atoms with Gasteiger partial charge in [0.15, 0.2) is 0 Å². The van der Waals surface area contributed by atoms with Crippen LogP contribution in [0.5, 0.6) is 11.5 Å². The van der Waals surface area contributed by atoms with Crippen molar-refractivity contribution >= 4 is 15.9 Å². The Morgan fingerprint density at radius 1 is 0.583 bits per heavy atom. The SMILES string of the molecule is C#CCN1CCCC1.CC(N)c1ccccc1Br.COc1ccc(C(C)N)cc1.COc1ccccc1C(C)N.Cc1cccc(C(C)N)c1.Cc1ccccc1C(C)N. The van der Waals surface area contributed by atoms with Crippen LogP contribution in [0.3, 0.4) is 0 Å². The van der Waals surface area contributed by atoms with Crippen LogP contribution in [-0.2, 0) is 0 Å². The lowest BCUT2D eigenvalue weighted by Gasteiger charge is -2.10. The largest absolute Gasteiger partial charge is 0.497 e. The molecule has 5 aromatic rings. The van der Waals surface area contributed by atoms with E-state index in [2.05, 4.69) is 70.9 Å². The van der Waals surface area contributed by atoms with Crippen molar-refractivity contribution in [2.45, 2.75) is 91.5 Å². The van der Waals surface area contributed by atoms with Crippen LogP contribution in [-0.4, -0.2) is 38.8 Å². The number of hydrogen-bond acceptors (Lipinski definition) is 8. The molecule has 0 radical (unpaired) electrons. The minimum absolute atomic E-state index is 0.0335. The second-order valence-corrected chi connectivity index (χ2v) is 15.8. The van der Waals surface area contributed by atoms with Crippen LogP contribution in [0.2, 0.25) is 0 Å². The van der Waals surface area contributed by atoms with E-state index >= 15 is 0 Å². The molecule has 0 amide bonds. The zero-order valence-corrected chi connectivity index (χ0v) is 39.2. The molecule has 1 aliphatic rings. The van der Waals surface area contributed by atoms with Crippen LogP contribution < -0.4 is 38.1 Å². The van der Waals surface area contributed by atoms with Gasteiger partial charge in [0.1, 0.15) is 11.5 Å². The van der Waals surface area contributed by atoms with E-state index in [1.807, 2.05) is 126 Å². The number of likely N-dealkylation sites (tertiary alicyclic amines) is 1. The van der Waals surface area contributed by atoms with Crippen LogP contribution in [0.15, 0.2) is 126 Å². The van der Waals surface area contributed by atoms with E-state index in [0.717, 1.165) is 39.2 Å². The molecule has 9 heteroatoms. The second kappa shape index (κ2) is 30.5. The van der Waals surface area contributed by atoms with E-state index in [9.17, 15) is 0 Å². The summed E-state index contributed by atoms with van der Waals surface area (Å²) in [7, 11) is 3.31. The van der Waals surface area contributed by atoms with E-state index in [4.69, 9.17) is 44.6 Å². The van der Waals surface area contributed by atoms with Crippen molar-refractivity contribution in [3.8, 4) is 23.8 Å². The van der Waals surface area contributed by atoms with Crippen molar-refractivity contribution in [2.75, 3.05) is 33.9 Å². The van der Waals surface area contributed by atoms with Crippen molar-refractivity contribution in [1.82, 2.24) is 4.90 Å². The van der Waals surface area contributed by atoms with Crippen molar-refractivity contribution < 1.29 is 9.47 Å². The Hall–Kier alpha value is -4.50. The van der Waals surface area contributed by atoms with E-state index in [1.165, 1.54) is 48.2 Å². The van der Waals surface area contributed by atoms with Gasteiger partial charge in [-0.1, -0.05) is 124 Å². The third-order valence-corrected chi connectivity index (χ3v) is 10.1. The average molecular weight is 882 g/mol. The molecular formula is C51H73BrN6O2. The Labute approximate surface area is 371 Å². The highest BCUT2D eigenvalue weighted by Crippen LogP contribution is 2.23. The first-order valence-corrected chi connectivity index (χ1v) is 21.4. The summed E-state index contributed by atoms with van der Waals surface area (Å²) in [5.74, 6) is 4.37. The summed E-state index contributed by atoms with van der Waals surface area (Å²) in [5, 5.41) is 0. The lowest BCUT2D eigenvalue weighted by Crippen LogP contribution is -2.18. The summed E-state index contributed by atoms with van der Waals surface area (Å²) < 4.78 is 11.2. The third kappa shape index (κ3) is 21.7. The number of para-hydroxylation sites is 1. The van der Waals surface area contributed by atoms with Crippen molar-refractivity contribution in [1.29, 1.82) is 0 Å². The number of rotatable bonds is 8. The summed E-state index contributed by atoms with van der Waals surface area (Å²) in [4.78, 5) is 2.31. The number of halogens is 1. The van der Waals surface area contributed by atoms with Gasteiger partial charge in [0, 0.05) is 40.2 Å². The molecule has 0 saturated carbocycles. The predicted molar refractivity (Wildman–Crippen MR) is 260 cm³/mol. The molecule has 60 heavy (non-hydrogen) atoms. The Bertz CT molecular complexity index is 1870. The zero-order valence-electron chi connectivity index (χ0n) is 37.6. The predicted octanol–water partition coefficient (Wildman–Crippen LogP) is 10.6. The first-order valence-electron chi connectivity index (χ1n) is 20.6. The standard InChI is InChI=1S/2C9H13NO.2C9H13N.C8H10BrN.C7H11N/c1-7(10)8-3-5-9(11-2)6-4-8;1-7(10)8-5-3-4-6-9(8)11-2;1-7-4-3-5-9(6-7)8(2)10;1-7-5-3-4-6-9(7)8(2)10;1-6(10)7-4-2-3-5-8(7)9;1-2-5-8-6-3-4-7-8/h2*3-7H,10H2,1-2H3;2*3-6,8H,10H2,1-2H3;2-6H,10H2,1H3;1H,3-7H2. The van der Waals surface area contributed by atoms with Crippen LogP contribution in [0.4, 0.5) is 0 Å². The van der Waals surface area contributed by atoms with Gasteiger partial charge in [0.05, 0.1) is 20.8 Å². The number of terminal acetylenes is 1. The zero-order chi connectivity index (χ0) is 45.0. The van der Waals surface area contributed by atoms with Gasteiger partial charge in [-0.25, -0.2) is 0 Å². The highest BCUT2D eigenvalue weighted by molar-refractivity contribution is 9.10. The fourth-order valence-electron chi connectivity index (χ4n) is 5.92. The molecule has 0 bridgehead atoms. The van der Waals surface area contributed by atoms with Crippen molar-refractivity contribution in [3.63, 3.8) is 0 Å². The topological polar surface area (TPSA) is 152 Å². The number of methoxy groups -OCH3 is 2. The molecule has 10 N–H and O–H groups in total. The maximum absolute atomic E-state index is 5.71. The molecular weight excluding hydrogens is 809 g/mol. The van der Waals surface area contributed by atoms with Crippen LogP contribution >= 0.6 is 15.9 Å². The summed E-state index contributed by atoms with van der Waals surface area (Å²) in [6.45, 7) is 17.3. The molecule has 0 spiro atoms. The molecule has 0 aromatic heterocycles. The minimum Gasteiger partial charge on any atom is -0.497 e. The van der Waals surface area contributed by atoms with Crippen molar-refractivity contribution in [3.05, 3.63) is 165 Å². The average Bonchev–Trinajstić information content (AvgIpc) is 3.76. The maximum atomic E-state index is 5.71. The molecule has 8 nitrogen and oxygen atoms in total. The number of ether oxygens (including phenoxy) is 2. The molecule has 1 fully saturated rings. The van der Waals surface area contributed by atoms with Gasteiger partial charge in [-0.3, -0.25) is 4.90 Å². The fraction of sp³-hybridized carbons (Fsp3) is 0.373. The Balaban J connectivity index is 0.000000361. The molecule has 5 aromatic carbocycles. The molecule has 5 atom stereocenters. The van der Waals surface area contributed by atoms with Gasteiger partial charge in [0.2, 0.25) is 0 Å². The second-order valence-electron chi connectivity index (χ2n) is 14.9. The number of hydrogen-bond donors (Lipinski definition) is 5. The lowest BCUT2D eigenvalue weighted by molar-refractivity contribution is 0.383. The van der Waals surface area contributed by atoms with Crippen LogP contribution in [0.25, 0.3) is 0 Å². The smallest absolute Gasteiger partial charge is 0.123 e. The molecule has 326 valence electrons. The van der Waals surface area contributed by atoms with Gasteiger partial charge >= 0.3 is 0 Å². The van der Waals surface area contributed by atoms with E-state index in [1.54, 1.807) is 14.2 Å². The fourth-order valence-corrected chi connectivity index (χ4v) is 6.56. The monoisotopic (exact) mass is 880 g/mol. The Morgan fingerprint density at radius 2 is 1.08 bits per heavy atom. The Morgan fingerprint density at radius 3 is 1.47 bits per heavy atom. The molecule has 0 aliphatic carbocycles. The number of nitrogens with two attached hydrogens (primary N) is 5. The molecule has 1 saturated heterocycles. The normalized spacial score (nSPS) is 14.0. The first-order chi connectivity index (χ1) is 28.6. The molecule has 1 aliphatic heterocycles. The van der Waals surface area contributed by atoms with Crippen LogP contribution in [0, 0.1) is 26.2 Å². The van der Waals surface area contributed by atoms with E-state index < -0.39 is 0 Å². The van der Waals surface area contributed by atoms with E-state index in [0.29, 0.717) is 0 Å². The van der Waals surface area contributed by atoms with Crippen molar-refractivity contribution in [2.24, 2.45) is 28.7 Å². The molecule has 1 heterocycles. The van der Waals surface area contributed by atoms with Gasteiger partial charge in [-0.2, -0.15) is 0 Å². The summed E-state index contributed by atoms with van der Waals surface area (Å²) >= 11 is 3.42. The van der Waals surface area contributed by atoms with Gasteiger partial charge in [-0.15, -0.1) is 6.42 Å². The highest BCUT2D eigenvalue weighted by atomic mass is 79.9. The maximum Gasteiger partial charge on any atom is 0.123 e. The quantitative estimate of drug-likeness (QED) is 0.0967. The summed E-state index contributed by atoms with van der Waals surface area (Å²) in [6, 6.07) is 40.6. The molecule has 6 rings (SSSR count). The summed E-state index contributed by atoms with van der Waals surface area (Å²) in [5.41, 5.74) is 36.8. The van der Waals surface area contributed by atoms with E-state index in [-0.39, 0.29) is 30.2 Å².